The van der Waals surface area contributed by atoms with Crippen LogP contribution in [0.15, 0.2) is 84.9 Å². The highest BCUT2D eigenvalue weighted by atomic mass is 16.5. The van der Waals surface area contributed by atoms with Crippen molar-refractivity contribution in [2.75, 3.05) is 12.4 Å². The van der Waals surface area contributed by atoms with Gasteiger partial charge in [-0.3, -0.25) is 4.79 Å². The van der Waals surface area contributed by atoms with Gasteiger partial charge in [-0.25, -0.2) is 0 Å². The molecule has 0 radical (unpaired) electrons. The maximum Gasteiger partial charge on any atom is 0.265 e. The van der Waals surface area contributed by atoms with Crippen molar-refractivity contribution in [2.45, 2.75) is 5.60 Å². The van der Waals surface area contributed by atoms with Gasteiger partial charge >= 0.3 is 0 Å². The summed E-state index contributed by atoms with van der Waals surface area (Å²) in [5.41, 5.74) is -0.328. The summed E-state index contributed by atoms with van der Waals surface area (Å²) in [6, 6.07) is 24.9. The van der Waals surface area contributed by atoms with E-state index in [0.717, 1.165) is 0 Å². The highest BCUT2D eigenvalue weighted by Crippen LogP contribution is 2.32. The van der Waals surface area contributed by atoms with Crippen molar-refractivity contribution in [1.82, 2.24) is 0 Å². The zero-order chi connectivity index (χ0) is 17.7. The second-order valence-electron chi connectivity index (χ2n) is 5.60. The molecule has 3 aromatic rings. The van der Waals surface area contributed by atoms with Gasteiger partial charge in [0.2, 0.25) is 0 Å². The second-order valence-corrected chi connectivity index (χ2v) is 5.60. The van der Waals surface area contributed by atoms with Crippen LogP contribution in [0.5, 0.6) is 5.75 Å². The number of benzene rings is 3. The standard InChI is InChI=1S/C21H19NO3/c1-25-19-15-9-8-14-18(19)22-20(23)21(24,16-10-4-2-5-11-16)17-12-6-3-7-13-17/h2-15,24H,1H3,(H,22,23). The lowest BCUT2D eigenvalue weighted by molar-refractivity contribution is -0.131. The fourth-order valence-corrected chi connectivity index (χ4v) is 2.75. The van der Waals surface area contributed by atoms with Crippen molar-refractivity contribution < 1.29 is 14.6 Å². The maximum absolute atomic E-state index is 13.1. The van der Waals surface area contributed by atoms with E-state index in [0.29, 0.717) is 22.6 Å². The molecule has 0 aliphatic rings. The summed E-state index contributed by atoms with van der Waals surface area (Å²) >= 11 is 0. The zero-order valence-electron chi connectivity index (χ0n) is 13.8. The number of amides is 1. The lowest BCUT2D eigenvalue weighted by Gasteiger charge is -2.28. The van der Waals surface area contributed by atoms with Crippen LogP contribution in [0.2, 0.25) is 0 Å². The molecule has 0 fully saturated rings. The maximum atomic E-state index is 13.1. The first-order chi connectivity index (χ1) is 12.2. The predicted molar refractivity (Wildman–Crippen MR) is 97.5 cm³/mol. The summed E-state index contributed by atoms with van der Waals surface area (Å²) in [7, 11) is 1.53. The molecule has 0 bridgehead atoms. The molecule has 0 aliphatic carbocycles. The average molecular weight is 333 g/mol. The van der Waals surface area contributed by atoms with E-state index in [9.17, 15) is 9.90 Å². The summed E-state index contributed by atoms with van der Waals surface area (Å²) < 4.78 is 5.27. The number of hydrogen-bond donors (Lipinski definition) is 2. The van der Waals surface area contributed by atoms with Gasteiger partial charge < -0.3 is 15.2 Å². The van der Waals surface area contributed by atoms with Crippen LogP contribution in [0.4, 0.5) is 5.69 Å². The Morgan fingerprint density at radius 1 is 0.840 bits per heavy atom. The minimum absolute atomic E-state index is 0.494. The van der Waals surface area contributed by atoms with Crippen LogP contribution in [-0.2, 0) is 10.4 Å². The third kappa shape index (κ3) is 3.25. The lowest BCUT2D eigenvalue weighted by Crippen LogP contribution is -2.41. The molecule has 0 aliphatic heterocycles. The van der Waals surface area contributed by atoms with Crippen LogP contribution in [0.25, 0.3) is 0 Å². The van der Waals surface area contributed by atoms with E-state index in [1.165, 1.54) is 7.11 Å². The molecule has 0 unspecified atom stereocenters. The topological polar surface area (TPSA) is 58.6 Å². The van der Waals surface area contributed by atoms with Gasteiger partial charge in [-0.1, -0.05) is 72.8 Å². The van der Waals surface area contributed by atoms with Crippen molar-refractivity contribution in [3.05, 3.63) is 96.1 Å². The van der Waals surface area contributed by atoms with Gasteiger partial charge in [-0.2, -0.15) is 0 Å². The number of methoxy groups -OCH3 is 1. The normalized spacial score (nSPS) is 11.0. The van der Waals surface area contributed by atoms with Crippen molar-refractivity contribution in [3.63, 3.8) is 0 Å². The molecule has 3 aromatic carbocycles. The Balaban J connectivity index is 2.05. The number of hydrogen-bond acceptors (Lipinski definition) is 3. The van der Waals surface area contributed by atoms with Crippen molar-refractivity contribution in [3.8, 4) is 5.75 Å². The van der Waals surface area contributed by atoms with Gasteiger partial charge in [0.05, 0.1) is 12.8 Å². The molecule has 0 saturated carbocycles. The van der Waals surface area contributed by atoms with Gasteiger partial charge in [0.15, 0.2) is 5.60 Å². The van der Waals surface area contributed by atoms with E-state index in [2.05, 4.69) is 5.32 Å². The van der Waals surface area contributed by atoms with Crippen molar-refractivity contribution in [1.29, 1.82) is 0 Å². The third-order valence-corrected chi connectivity index (χ3v) is 4.07. The van der Waals surface area contributed by atoms with Crippen LogP contribution in [-0.4, -0.2) is 18.1 Å². The third-order valence-electron chi connectivity index (χ3n) is 4.07. The predicted octanol–water partition coefficient (Wildman–Crippen LogP) is 3.57. The molecule has 126 valence electrons. The van der Waals surface area contributed by atoms with Crippen LogP contribution >= 0.6 is 0 Å². The second kappa shape index (κ2) is 7.20. The minimum atomic E-state index is -1.82. The van der Waals surface area contributed by atoms with Crippen LogP contribution < -0.4 is 10.1 Å². The molecule has 1 amide bonds. The SMILES string of the molecule is COc1ccccc1NC(=O)C(O)(c1ccccc1)c1ccccc1. The summed E-state index contributed by atoms with van der Waals surface area (Å²) in [4.78, 5) is 13.1. The van der Waals surface area contributed by atoms with E-state index in [4.69, 9.17) is 4.74 Å². The monoisotopic (exact) mass is 333 g/mol. The number of aliphatic hydroxyl groups is 1. The Labute approximate surface area is 146 Å². The fraction of sp³-hybridized carbons (Fsp3) is 0.0952. The molecule has 4 nitrogen and oxygen atoms in total. The number of ether oxygens (including phenoxy) is 1. The van der Waals surface area contributed by atoms with Gasteiger partial charge in [-0.05, 0) is 23.3 Å². The van der Waals surface area contributed by atoms with E-state index in [1.54, 1.807) is 66.7 Å². The molecular weight excluding hydrogens is 314 g/mol. The Bertz CT molecular complexity index is 808. The molecule has 3 rings (SSSR count). The first-order valence-electron chi connectivity index (χ1n) is 7.94. The molecule has 2 N–H and O–H groups in total. The summed E-state index contributed by atoms with van der Waals surface area (Å²) in [5.74, 6) is -0.0197. The Kier molecular flexibility index (Phi) is 4.82. The van der Waals surface area contributed by atoms with E-state index >= 15 is 0 Å². The molecular formula is C21H19NO3. The number of para-hydroxylation sites is 2. The van der Waals surface area contributed by atoms with Gasteiger partial charge in [-0.15, -0.1) is 0 Å². The molecule has 0 spiro atoms. The highest BCUT2D eigenvalue weighted by Gasteiger charge is 2.40. The summed E-state index contributed by atoms with van der Waals surface area (Å²) in [6.45, 7) is 0. The molecule has 0 atom stereocenters. The van der Waals surface area contributed by atoms with Crippen LogP contribution in [0, 0.1) is 0 Å². The van der Waals surface area contributed by atoms with E-state index in [-0.39, 0.29) is 0 Å². The Morgan fingerprint density at radius 3 is 1.84 bits per heavy atom. The largest absolute Gasteiger partial charge is 0.495 e. The number of rotatable bonds is 5. The van der Waals surface area contributed by atoms with Gasteiger partial charge in [0.1, 0.15) is 5.75 Å². The number of carbonyl (C=O) groups excluding carboxylic acids is 1. The molecule has 25 heavy (non-hydrogen) atoms. The number of nitrogens with one attached hydrogen (secondary N) is 1. The van der Waals surface area contributed by atoms with E-state index in [1.807, 2.05) is 18.2 Å². The molecule has 0 heterocycles. The first kappa shape index (κ1) is 16.7. The van der Waals surface area contributed by atoms with Gasteiger partial charge in [0.25, 0.3) is 5.91 Å². The quantitative estimate of drug-likeness (QED) is 0.750. The summed E-state index contributed by atoms with van der Waals surface area (Å²) in [5, 5.41) is 14.2. The lowest BCUT2D eigenvalue weighted by atomic mass is 9.85. The van der Waals surface area contributed by atoms with Crippen molar-refractivity contribution >= 4 is 11.6 Å². The number of carbonyl (C=O) groups is 1. The van der Waals surface area contributed by atoms with Crippen molar-refractivity contribution in [2.24, 2.45) is 0 Å². The minimum Gasteiger partial charge on any atom is -0.495 e. The summed E-state index contributed by atoms with van der Waals surface area (Å²) in [6.07, 6.45) is 0. The molecule has 0 aromatic heterocycles. The van der Waals surface area contributed by atoms with Crippen LogP contribution in [0.3, 0.4) is 0 Å². The fourth-order valence-electron chi connectivity index (χ4n) is 2.75. The Morgan fingerprint density at radius 2 is 1.32 bits per heavy atom. The number of anilines is 1. The molecule has 4 heteroatoms. The smallest absolute Gasteiger partial charge is 0.265 e. The van der Waals surface area contributed by atoms with Crippen LogP contribution in [0.1, 0.15) is 11.1 Å². The Hall–Kier alpha value is -3.11. The average Bonchev–Trinajstić information content (AvgIpc) is 2.69. The first-order valence-corrected chi connectivity index (χ1v) is 7.94. The molecule has 0 saturated heterocycles. The van der Waals surface area contributed by atoms with Gasteiger partial charge in [0, 0.05) is 0 Å². The highest BCUT2D eigenvalue weighted by molar-refractivity contribution is 6.01. The zero-order valence-corrected chi connectivity index (χ0v) is 13.8. The van der Waals surface area contributed by atoms with E-state index < -0.39 is 11.5 Å².